The lowest BCUT2D eigenvalue weighted by Crippen LogP contribution is -2.30. The summed E-state index contributed by atoms with van der Waals surface area (Å²) >= 11 is 7.53. The van der Waals surface area contributed by atoms with Crippen LogP contribution in [-0.4, -0.2) is 26.8 Å². The van der Waals surface area contributed by atoms with Gasteiger partial charge in [-0.05, 0) is 30.5 Å². The third kappa shape index (κ3) is 3.94. The highest BCUT2D eigenvalue weighted by atomic mass is 35.5. The number of thioether (sulfide) groups is 1. The number of carbonyl (C=O) groups excluding carboxylic acids is 1. The molecule has 138 valence electrons. The average molecular weight is 400 g/mol. The topological polar surface area (TPSA) is 85.8 Å². The molecule has 0 saturated heterocycles. The van der Waals surface area contributed by atoms with Crippen LogP contribution in [0.15, 0.2) is 59.8 Å². The molecule has 27 heavy (non-hydrogen) atoms. The molecule has 0 aliphatic heterocycles. The van der Waals surface area contributed by atoms with Gasteiger partial charge in [-0.1, -0.05) is 65.8 Å². The first-order valence-electron chi connectivity index (χ1n) is 8.61. The molecule has 1 saturated carbocycles. The molecule has 1 amide bonds. The molecule has 1 fully saturated rings. The Morgan fingerprint density at radius 2 is 1.85 bits per heavy atom. The summed E-state index contributed by atoms with van der Waals surface area (Å²) in [6.07, 6.45) is 2.06. The quantitative estimate of drug-likeness (QED) is 0.490. The van der Waals surface area contributed by atoms with E-state index >= 15 is 0 Å². The maximum absolute atomic E-state index is 12.8. The van der Waals surface area contributed by atoms with Crippen LogP contribution in [0.2, 0.25) is 5.02 Å². The predicted octanol–water partition coefficient (Wildman–Crippen LogP) is 3.42. The Labute approximate surface area is 166 Å². The van der Waals surface area contributed by atoms with Crippen molar-refractivity contribution < 1.29 is 4.79 Å². The van der Waals surface area contributed by atoms with Crippen LogP contribution < -0.4 is 11.2 Å². The summed E-state index contributed by atoms with van der Waals surface area (Å²) in [5.74, 6) is 6.64. The molecule has 3 N–H and O–H groups in total. The Hall–Kier alpha value is -2.51. The van der Waals surface area contributed by atoms with Gasteiger partial charge in [-0.2, -0.15) is 0 Å². The van der Waals surface area contributed by atoms with Crippen LogP contribution >= 0.6 is 23.4 Å². The van der Waals surface area contributed by atoms with Gasteiger partial charge >= 0.3 is 0 Å². The fraction of sp³-hybridized carbons (Fsp3) is 0.211. The number of nitrogens with one attached hydrogen (secondary N) is 1. The number of amides is 1. The lowest BCUT2D eigenvalue weighted by molar-refractivity contribution is -0.120. The highest BCUT2D eigenvalue weighted by molar-refractivity contribution is 8.00. The third-order valence-electron chi connectivity index (χ3n) is 4.27. The smallest absolute Gasteiger partial charge is 0.238 e. The fourth-order valence-electron chi connectivity index (χ4n) is 2.69. The van der Waals surface area contributed by atoms with Crippen LogP contribution in [0.3, 0.4) is 0 Å². The second-order valence-corrected chi connectivity index (χ2v) is 7.83. The maximum Gasteiger partial charge on any atom is 0.238 e. The lowest BCUT2D eigenvalue weighted by atomic mass is 10.1. The number of carbonyl (C=O) groups is 1. The van der Waals surface area contributed by atoms with Gasteiger partial charge in [0.25, 0.3) is 0 Å². The van der Waals surface area contributed by atoms with E-state index in [1.165, 1.54) is 16.4 Å². The van der Waals surface area contributed by atoms with Gasteiger partial charge in [-0.15, -0.1) is 10.2 Å². The van der Waals surface area contributed by atoms with Gasteiger partial charge in [0.1, 0.15) is 5.25 Å². The van der Waals surface area contributed by atoms with E-state index in [9.17, 15) is 4.79 Å². The Kier molecular flexibility index (Phi) is 5.05. The van der Waals surface area contributed by atoms with Gasteiger partial charge in [0.05, 0.1) is 5.02 Å². The highest BCUT2D eigenvalue weighted by Gasteiger charge is 2.30. The molecule has 0 spiro atoms. The summed E-state index contributed by atoms with van der Waals surface area (Å²) in [5, 5.41) is 12.0. The number of aromatic nitrogens is 3. The first kappa shape index (κ1) is 17.9. The molecule has 0 radical (unpaired) electrons. The summed E-state index contributed by atoms with van der Waals surface area (Å²) < 4.78 is 1.38. The minimum absolute atomic E-state index is 0.0454. The molecule has 2 aromatic carbocycles. The minimum Gasteiger partial charge on any atom is -0.352 e. The van der Waals surface area contributed by atoms with E-state index in [0.29, 0.717) is 21.6 Å². The molecule has 1 heterocycles. The summed E-state index contributed by atoms with van der Waals surface area (Å²) in [6, 6.07) is 17.2. The SMILES string of the molecule is Nn1c(S[C@H](C(=O)NC2CC2)c2ccccc2)nnc1-c1ccccc1Cl. The van der Waals surface area contributed by atoms with Gasteiger partial charge in [0.15, 0.2) is 5.82 Å². The number of halogens is 1. The molecular formula is C19H18ClN5OS. The predicted molar refractivity (Wildman–Crippen MR) is 107 cm³/mol. The molecular weight excluding hydrogens is 382 g/mol. The van der Waals surface area contributed by atoms with Crippen LogP contribution in [0.5, 0.6) is 0 Å². The van der Waals surface area contributed by atoms with E-state index in [4.69, 9.17) is 17.4 Å². The van der Waals surface area contributed by atoms with Gasteiger partial charge in [0.2, 0.25) is 11.1 Å². The van der Waals surface area contributed by atoms with E-state index in [2.05, 4.69) is 15.5 Å². The van der Waals surface area contributed by atoms with Crippen molar-refractivity contribution in [1.29, 1.82) is 0 Å². The largest absolute Gasteiger partial charge is 0.352 e. The molecule has 0 unspecified atom stereocenters. The van der Waals surface area contributed by atoms with Crippen molar-refractivity contribution in [3.05, 3.63) is 65.2 Å². The molecule has 4 rings (SSSR count). The summed E-state index contributed by atoms with van der Waals surface area (Å²) in [4.78, 5) is 12.8. The van der Waals surface area contributed by atoms with Gasteiger partial charge in [0, 0.05) is 11.6 Å². The number of nitrogens with two attached hydrogens (primary N) is 1. The average Bonchev–Trinajstić information content (AvgIpc) is 3.42. The van der Waals surface area contributed by atoms with E-state index in [0.717, 1.165) is 18.4 Å². The number of benzene rings is 2. The van der Waals surface area contributed by atoms with Crippen LogP contribution in [0.25, 0.3) is 11.4 Å². The highest BCUT2D eigenvalue weighted by Crippen LogP contribution is 2.36. The standard InChI is InChI=1S/C19H18ClN5OS/c20-15-9-5-4-8-14(15)17-23-24-19(25(17)21)27-16(12-6-2-1-3-7-12)18(26)22-13-10-11-13/h1-9,13,16H,10-11,21H2,(H,22,26)/t16-/m0/s1. The van der Waals surface area contributed by atoms with Crippen molar-refractivity contribution in [2.75, 3.05) is 5.84 Å². The zero-order valence-electron chi connectivity index (χ0n) is 14.4. The van der Waals surface area contributed by atoms with Crippen molar-refractivity contribution in [2.24, 2.45) is 0 Å². The Morgan fingerprint density at radius 3 is 2.56 bits per heavy atom. The number of hydrogen-bond acceptors (Lipinski definition) is 5. The molecule has 1 aliphatic rings. The first-order chi connectivity index (χ1) is 13.1. The number of nitrogen functional groups attached to an aromatic ring is 1. The maximum atomic E-state index is 12.8. The van der Waals surface area contributed by atoms with E-state index in [1.807, 2.05) is 48.5 Å². The fourth-order valence-corrected chi connectivity index (χ4v) is 3.88. The first-order valence-corrected chi connectivity index (χ1v) is 9.86. The second kappa shape index (κ2) is 7.62. The van der Waals surface area contributed by atoms with Crippen LogP contribution in [-0.2, 0) is 4.79 Å². The van der Waals surface area contributed by atoms with E-state index < -0.39 is 5.25 Å². The number of nitrogens with zero attached hydrogens (tertiary/aromatic N) is 3. The normalized spacial score (nSPS) is 14.7. The van der Waals surface area contributed by atoms with E-state index in [-0.39, 0.29) is 11.9 Å². The molecule has 0 bridgehead atoms. The minimum atomic E-state index is -0.461. The molecule has 1 aliphatic carbocycles. The van der Waals surface area contributed by atoms with Gasteiger partial charge in [-0.25, -0.2) is 4.68 Å². The summed E-state index contributed by atoms with van der Waals surface area (Å²) in [7, 11) is 0. The van der Waals surface area contributed by atoms with Crippen LogP contribution in [0.1, 0.15) is 23.7 Å². The molecule has 1 atom stereocenters. The summed E-state index contributed by atoms with van der Waals surface area (Å²) in [5.41, 5.74) is 1.59. The monoisotopic (exact) mass is 399 g/mol. The van der Waals surface area contributed by atoms with Crippen molar-refractivity contribution in [3.8, 4) is 11.4 Å². The van der Waals surface area contributed by atoms with Crippen LogP contribution in [0, 0.1) is 0 Å². The zero-order chi connectivity index (χ0) is 18.8. The second-order valence-electron chi connectivity index (χ2n) is 6.35. The molecule has 8 heteroatoms. The molecule has 6 nitrogen and oxygen atoms in total. The third-order valence-corrected chi connectivity index (χ3v) is 5.81. The van der Waals surface area contributed by atoms with Gasteiger partial charge < -0.3 is 11.2 Å². The van der Waals surface area contributed by atoms with Crippen molar-refractivity contribution >= 4 is 29.3 Å². The molecule has 3 aromatic rings. The van der Waals surface area contributed by atoms with Gasteiger partial charge in [-0.3, -0.25) is 4.79 Å². The Morgan fingerprint density at radius 1 is 1.15 bits per heavy atom. The molecule has 1 aromatic heterocycles. The zero-order valence-corrected chi connectivity index (χ0v) is 16.0. The number of rotatable bonds is 6. The van der Waals surface area contributed by atoms with Crippen molar-refractivity contribution in [2.45, 2.75) is 29.3 Å². The van der Waals surface area contributed by atoms with Crippen molar-refractivity contribution in [1.82, 2.24) is 20.2 Å². The Bertz CT molecular complexity index is 958. The summed E-state index contributed by atoms with van der Waals surface area (Å²) in [6.45, 7) is 0. The van der Waals surface area contributed by atoms with Crippen molar-refractivity contribution in [3.63, 3.8) is 0 Å². The Balaban J connectivity index is 1.63. The lowest BCUT2D eigenvalue weighted by Gasteiger charge is -2.16. The van der Waals surface area contributed by atoms with E-state index in [1.54, 1.807) is 6.07 Å². The number of hydrogen-bond donors (Lipinski definition) is 2. The van der Waals surface area contributed by atoms with Crippen LogP contribution in [0.4, 0.5) is 0 Å².